The van der Waals surface area contributed by atoms with Gasteiger partial charge in [0.15, 0.2) is 0 Å². The topological polar surface area (TPSA) is 3.24 Å². The van der Waals surface area contributed by atoms with Gasteiger partial charge in [0.1, 0.15) is 0 Å². The Morgan fingerprint density at radius 3 is 1.58 bits per heavy atom. The van der Waals surface area contributed by atoms with Crippen LogP contribution in [0.25, 0.3) is 49.2 Å². The van der Waals surface area contributed by atoms with Crippen LogP contribution in [0.5, 0.6) is 0 Å². The Labute approximate surface area is 250 Å². The first-order valence-electron chi connectivity index (χ1n) is 15.1. The predicted octanol–water partition coefficient (Wildman–Crippen LogP) is 10.8. The van der Waals surface area contributed by atoms with Crippen LogP contribution < -0.4 is 10.1 Å². The fourth-order valence-corrected chi connectivity index (χ4v) is 7.56. The summed E-state index contributed by atoms with van der Waals surface area (Å²) in [6, 6.07) is 55.6. The van der Waals surface area contributed by atoms with Crippen molar-refractivity contribution in [2.75, 3.05) is 4.90 Å². The van der Waals surface area contributed by atoms with E-state index in [0.717, 1.165) is 17.8 Å². The fraction of sp³-hybridized carbons (Fsp3) is 0.0476. The summed E-state index contributed by atoms with van der Waals surface area (Å²) in [6.07, 6.45) is 3.45. The van der Waals surface area contributed by atoms with E-state index in [2.05, 4.69) is 163 Å². The van der Waals surface area contributed by atoms with Crippen molar-refractivity contribution in [3.63, 3.8) is 0 Å². The molecule has 0 spiro atoms. The van der Waals surface area contributed by atoms with Gasteiger partial charge in [-0.15, -0.1) is 0 Å². The first-order chi connectivity index (χ1) is 21.4. The van der Waals surface area contributed by atoms with E-state index in [9.17, 15) is 0 Å². The molecule has 0 bridgehead atoms. The molecule has 0 N–H and O–H groups in total. The number of nitrogens with zero attached hydrogens (tertiary/aromatic N) is 1. The summed E-state index contributed by atoms with van der Waals surface area (Å²) in [4.78, 5) is 2.43. The maximum Gasteiger partial charge on any atom is 0.0618 e. The maximum absolute atomic E-state index is 2.47. The minimum atomic E-state index is 0.258. The van der Waals surface area contributed by atoms with Crippen LogP contribution in [-0.2, 0) is 0 Å². The highest BCUT2D eigenvalue weighted by atomic mass is 15.1. The van der Waals surface area contributed by atoms with Crippen molar-refractivity contribution in [2.45, 2.75) is 12.3 Å². The minimum Gasteiger partial charge on any atom is -0.309 e. The van der Waals surface area contributed by atoms with Gasteiger partial charge in [0.25, 0.3) is 0 Å². The van der Waals surface area contributed by atoms with Gasteiger partial charge in [-0.1, -0.05) is 133 Å². The maximum atomic E-state index is 2.47. The smallest absolute Gasteiger partial charge is 0.0618 e. The molecule has 0 saturated heterocycles. The normalized spacial score (nSPS) is 14.4. The fourth-order valence-electron chi connectivity index (χ4n) is 7.56. The van der Waals surface area contributed by atoms with Gasteiger partial charge in [0, 0.05) is 28.1 Å². The largest absolute Gasteiger partial charge is 0.309 e. The van der Waals surface area contributed by atoms with Gasteiger partial charge >= 0.3 is 0 Å². The highest BCUT2D eigenvalue weighted by Crippen LogP contribution is 2.49. The van der Waals surface area contributed by atoms with Crippen molar-refractivity contribution in [3.05, 3.63) is 168 Å². The van der Waals surface area contributed by atoms with Gasteiger partial charge in [-0.05, 0) is 79.3 Å². The van der Waals surface area contributed by atoms with Crippen molar-refractivity contribution in [3.8, 4) is 0 Å². The highest BCUT2D eigenvalue weighted by molar-refractivity contribution is 6.18. The Kier molecular flexibility index (Phi) is 5.39. The third kappa shape index (κ3) is 3.65. The van der Waals surface area contributed by atoms with E-state index < -0.39 is 0 Å². The first-order valence-corrected chi connectivity index (χ1v) is 15.1. The lowest BCUT2D eigenvalue weighted by atomic mass is 9.77. The number of para-hydroxylation sites is 2. The number of hydrogen-bond acceptors (Lipinski definition) is 1. The Hall–Kier alpha value is -5.40. The van der Waals surface area contributed by atoms with E-state index in [4.69, 9.17) is 0 Å². The molecule has 0 heterocycles. The molecule has 0 aromatic heterocycles. The van der Waals surface area contributed by atoms with Crippen molar-refractivity contribution >= 4 is 66.2 Å². The summed E-state index contributed by atoms with van der Waals surface area (Å²) in [5, 5.41) is 12.0. The van der Waals surface area contributed by atoms with Gasteiger partial charge < -0.3 is 4.90 Å². The zero-order valence-corrected chi connectivity index (χ0v) is 23.7. The number of rotatable bonds is 4. The molecule has 1 aliphatic rings. The van der Waals surface area contributed by atoms with E-state index in [1.807, 2.05) is 0 Å². The van der Waals surface area contributed by atoms with Crippen LogP contribution in [0.15, 0.2) is 152 Å². The molecule has 9 rings (SSSR count). The molecular formula is C42H29N. The Balaban J connectivity index is 1.39. The lowest BCUT2D eigenvalue weighted by Crippen LogP contribution is -2.16. The standard InChI is InChI=1S/C42H29N/c1-3-14-31(15-4-1)43(32-16-5-2-6-17-32)42-37-20-9-7-18-33(37)41(34-19-8-10-21-38(34)42)36-27-25-30-23-22-28-12-11-13-29-24-26-35(36)40(30)39(28)29/h1-26,36H,27H2. The quantitative estimate of drug-likeness (QED) is 0.198. The van der Waals surface area contributed by atoms with Crippen LogP contribution in [0, 0.1) is 0 Å². The van der Waals surface area contributed by atoms with E-state index >= 15 is 0 Å². The molecule has 0 aliphatic heterocycles. The average molecular weight is 548 g/mol. The van der Waals surface area contributed by atoms with Gasteiger partial charge in [-0.2, -0.15) is 0 Å². The van der Waals surface area contributed by atoms with E-state index in [1.165, 1.54) is 65.1 Å². The molecule has 8 aromatic carbocycles. The average Bonchev–Trinajstić information content (AvgIpc) is 3.08. The van der Waals surface area contributed by atoms with Gasteiger partial charge in [-0.25, -0.2) is 0 Å². The molecule has 1 nitrogen and oxygen atoms in total. The van der Waals surface area contributed by atoms with E-state index in [1.54, 1.807) is 0 Å². The molecule has 0 saturated carbocycles. The monoisotopic (exact) mass is 547 g/mol. The Morgan fingerprint density at radius 2 is 0.977 bits per heavy atom. The molecule has 202 valence electrons. The first kappa shape index (κ1) is 24.2. The number of benzene rings is 8. The van der Waals surface area contributed by atoms with Crippen molar-refractivity contribution in [1.29, 1.82) is 0 Å². The minimum absolute atomic E-state index is 0.258. The second kappa shape index (κ2) is 9.58. The molecule has 43 heavy (non-hydrogen) atoms. The predicted molar refractivity (Wildman–Crippen MR) is 184 cm³/mol. The SMILES string of the molecule is C1=c2ccc3cccc4ccc(c2c43)C(c2c3ccccc3c(N(c3ccccc3)c3ccccc3)c3ccccc23)C1. The zero-order valence-electron chi connectivity index (χ0n) is 23.7. The van der Waals surface area contributed by atoms with E-state index in [-0.39, 0.29) is 5.92 Å². The molecule has 8 aromatic rings. The van der Waals surface area contributed by atoms with Crippen LogP contribution >= 0.6 is 0 Å². The van der Waals surface area contributed by atoms with Crippen molar-refractivity contribution in [2.24, 2.45) is 0 Å². The third-order valence-electron chi connectivity index (χ3n) is 9.34. The highest BCUT2D eigenvalue weighted by Gasteiger charge is 2.27. The second-order valence-electron chi connectivity index (χ2n) is 11.6. The summed E-state index contributed by atoms with van der Waals surface area (Å²) in [5.74, 6) is 0.258. The molecule has 1 unspecified atom stereocenters. The number of hydrogen-bond donors (Lipinski definition) is 0. The van der Waals surface area contributed by atoms with Gasteiger partial charge in [-0.3, -0.25) is 0 Å². The van der Waals surface area contributed by atoms with Crippen LogP contribution in [0.2, 0.25) is 0 Å². The summed E-state index contributed by atoms with van der Waals surface area (Å²) < 4.78 is 0. The zero-order chi connectivity index (χ0) is 28.3. The van der Waals surface area contributed by atoms with Gasteiger partial charge in [0.2, 0.25) is 0 Å². The second-order valence-corrected chi connectivity index (χ2v) is 11.6. The number of anilines is 3. The Bertz CT molecular complexity index is 2260. The molecule has 1 heteroatoms. The summed E-state index contributed by atoms with van der Waals surface area (Å²) in [6.45, 7) is 0. The van der Waals surface area contributed by atoms with Crippen LogP contribution in [-0.4, -0.2) is 0 Å². The van der Waals surface area contributed by atoms with Crippen LogP contribution in [0.4, 0.5) is 17.1 Å². The van der Waals surface area contributed by atoms with Crippen molar-refractivity contribution in [1.82, 2.24) is 0 Å². The summed E-state index contributed by atoms with van der Waals surface area (Å²) in [5.41, 5.74) is 6.40. The van der Waals surface area contributed by atoms with Gasteiger partial charge in [0.05, 0.1) is 5.69 Å². The molecule has 0 amide bonds. The van der Waals surface area contributed by atoms with E-state index in [0.29, 0.717) is 0 Å². The third-order valence-corrected chi connectivity index (χ3v) is 9.34. The van der Waals surface area contributed by atoms with Crippen LogP contribution in [0.1, 0.15) is 23.5 Å². The molecule has 1 aliphatic carbocycles. The number of fused-ring (bicyclic) bond motifs is 2. The summed E-state index contributed by atoms with van der Waals surface area (Å²) in [7, 11) is 0. The summed E-state index contributed by atoms with van der Waals surface area (Å²) >= 11 is 0. The molecular weight excluding hydrogens is 518 g/mol. The lowest BCUT2D eigenvalue weighted by molar-refractivity contribution is 0.870. The molecule has 1 atom stereocenters. The van der Waals surface area contributed by atoms with Crippen molar-refractivity contribution < 1.29 is 0 Å². The lowest BCUT2D eigenvalue weighted by Gasteiger charge is -2.31. The Morgan fingerprint density at radius 1 is 0.442 bits per heavy atom. The van der Waals surface area contributed by atoms with Crippen LogP contribution in [0.3, 0.4) is 0 Å². The molecule has 0 radical (unpaired) electrons. The molecule has 0 fully saturated rings.